The summed E-state index contributed by atoms with van der Waals surface area (Å²) in [6, 6.07) is 15.5. The Morgan fingerprint density at radius 2 is 1.80 bits per heavy atom. The molecule has 0 fully saturated rings. The zero-order valence-corrected chi connectivity index (χ0v) is 17.1. The summed E-state index contributed by atoms with van der Waals surface area (Å²) in [4.78, 5) is 31.2. The minimum atomic E-state index is -0.459. The number of amides is 1. The summed E-state index contributed by atoms with van der Waals surface area (Å²) >= 11 is 1.39. The van der Waals surface area contributed by atoms with Crippen LogP contribution in [0.1, 0.15) is 26.5 Å². The summed E-state index contributed by atoms with van der Waals surface area (Å²) in [6.07, 6.45) is 1.56. The maximum atomic E-state index is 13.4. The number of aromatic nitrogens is 1. The van der Waals surface area contributed by atoms with Gasteiger partial charge in [-0.25, -0.2) is 9.78 Å². The number of para-hydroxylation sites is 1. The van der Waals surface area contributed by atoms with Crippen molar-refractivity contribution in [3.8, 4) is 5.75 Å². The highest BCUT2D eigenvalue weighted by Crippen LogP contribution is 2.35. The number of hydrogen-bond acceptors (Lipinski definition) is 7. The number of carbonyl (C=O) groups excluding carboxylic acids is 2. The Balaban J connectivity index is 1.73. The van der Waals surface area contributed by atoms with Gasteiger partial charge in [0.05, 0.1) is 37.3 Å². The van der Waals surface area contributed by atoms with Crippen molar-refractivity contribution in [2.24, 2.45) is 0 Å². The molecule has 0 spiro atoms. The molecule has 30 heavy (non-hydrogen) atoms. The Morgan fingerprint density at radius 1 is 1.03 bits per heavy atom. The van der Waals surface area contributed by atoms with Crippen LogP contribution in [0.5, 0.6) is 5.75 Å². The highest BCUT2D eigenvalue weighted by Gasteiger charge is 2.24. The first-order valence-electron chi connectivity index (χ1n) is 9.07. The van der Waals surface area contributed by atoms with Crippen molar-refractivity contribution in [2.45, 2.75) is 6.54 Å². The number of rotatable bonds is 6. The number of methoxy groups -OCH3 is 2. The zero-order chi connectivity index (χ0) is 21.1. The van der Waals surface area contributed by atoms with Gasteiger partial charge in [0.25, 0.3) is 5.91 Å². The second-order valence-electron chi connectivity index (χ2n) is 6.34. The van der Waals surface area contributed by atoms with Crippen LogP contribution in [0.15, 0.2) is 65.3 Å². The summed E-state index contributed by atoms with van der Waals surface area (Å²) in [7, 11) is 2.90. The summed E-state index contributed by atoms with van der Waals surface area (Å²) < 4.78 is 16.5. The van der Waals surface area contributed by atoms with Crippen molar-refractivity contribution in [2.75, 3.05) is 19.1 Å². The first-order valence-corrected chi connectivity index (χ1v) is 9.88. The Morgan fingerprint density at radius 3 is 2.47 bits per heavy atom. The van der Waals surface area contributed by atoms with Crippen LogP contribution in [0.25, 0.3) is 10.2 Å². The number of hydrogen-bond donors (Lipinski definition) is 0. The highest BCUT2D eigenvalue weighted by molar-refractivity contribution is 7.22. The predicted molar refractivity (Wildman–Crippen MR) is 113 cm³/mol. The number of anilines is 1. The van der Waals surface area contributed by atoms with Crippen molar-refractivity contribution in [3.05, 3.63) is 77.7 Å². The van der Waals surface area contributed by atoms with E-state index in [1.54, 1.807) is 54.7 Å². The second-order valence-corrected chi connectivity index (χ2v) is 7.35. The largest absolute Gasteiger partial charge is 0.494 e. The first-order chi connectivity index (χ1) is 14.6. The quantitative estimate of drug-likeness (QED) is 0.425. The number of furan rings is 1. The lowest BCUT2D eigenvalue weighted by Crippen LogP contribution is -2.30. The first kappa shape index (κ1) is 19.7. The maximum absolute atomic E-state index is 13.4. The Labute approximate surface area is 176 Å². The normalized spacial score (nSPS) is 10.7. The van der Waals surface area contributed by atoms with Gasteiger partial charge in [-0.1, -0.05) is 17.4 Å². The van der Waals surface area contributed by atoms with E-state index in [4.69, 9.17) is 13.9 Å². The number of benzene rings is 2. The van der Waals surface area contributed by atoms with Gasteiger partial charge < -0.3 is 13.9 Å². The molecule has 0 N–H and O–H groups in total. The van der Waals surface area contributed by atoms with E-state index >= 15 is 0 Å². The number of nitrogens with zero attached hydrogens (tertiary/aromatic N) is 2. The molecular formula is C22H18N2O5S. The smallest absolute Gasteiger partial charge is 0.337 e. The average molecular weight is 422 g/mol. The van der Waals surface area contributed by atoms with Gasteiger partial charge in [-0.2, -0.15) is 0 Å². The standard InChI is InChI=1S/C22H18N2O5S/c1-27-17-6-3-7-18-19(17)23-22(30-18)24(13-16-5-4-12-29-16)20(25)14-8-10-15(11-9-14)21(26)28-2/h3-12H,13H2,1-2H3. The molecule has 4 aromatic rings. The van der Waals surface area contributed by atoms with Crippen molar-refractivity contribution in [1.29, 1.82) is 0 Å². The van der Waals surface area contributed by atoms with Gasteiger partial charge in [-0.05, 0) is 48.5 Å². The molecule has 0 aliphatic carbocycles. The lowest BCUT2D eigenvalue weighted by molar-refractivity contribution is 0.0600. The van der Waals surface area contributed by atoms with Gasteiger partial charge in [0.1, 0.15) is 17.0 Å². The molecule has 0 bridgehead atoms. The summed E-state index contributed by atoms with van der Waals surface area (Å²) in [5.41, 5.74) is 1.48. The van der Waals surface area contributed by atoms with Crippen LogP contribution >= 0.6 is 11.3 Å². The van der Waals surface area contributed by atoms with Gasteiger partial charge >= 0.3 is 5.97 Å². The molecule has 0 aliphatic rings. The fourth-order valence-electron chi connectivity index (χ4n) is 3.00. The van der Waals surface area contributed by atoms with Gasteiger partial charge in [0, 0.05) is 5.56 Å². The third kappa shape index (κ3) is 3.77. The van der Waals surface area contributed by atoms with Crippen LogP contribution in [0.4, 0.5) is 5.13 Å². The fourth-order valence-corrected chi connectivity index (χ4v) is 3.98. The molecule has 8 heteroatoms. The van der Waals surface area contributed by atoms with Crippen molar-refractivity contribution >= 4 is 38.6 Å². The van der Waals surface area contributed by atoms with E-state index in [2.05, 4.69) is 4.98 Å². The molecule has 0 aliphatic heterocycles. The molecule has 0 saturated heterocycles. The molecule has 0 radical (unpaired) electrons. The minimum absolute atomic E-state index is 0.215. The summed E-state index contributed by atoms with van der Waals surface area (Å²) in [6.45, 7) is 0.215. The molecule has 2 aromatic carbocycles. The Hall–Kier alpha value is -3.65. The summed E-state index contributed by atoms with van der Waals surface area (Å²) in [5, 5.41) is 0.521. The molecule has 1 amide bonds. The lowest BCUT2D eigenvalue weighted by atomic mass is 10.1. The maximum Gasteiger partial charge on any atom is 0.337 e. The second kappa shape index (κ2) is 8.38. The van der Waals surface area contributed by atoms with E-state index in [1.807, 2.05) is 18.2 Å². The Kier molecular flexibility index (Phi) is 5.49. The van der Waals surface area contributed by atoms with E-state index < -0.39 is 5.97 Å². The molecule has 2 heterocycles. The van der Waals surface area contributed by atoms with E-state index in [0.717, 1.165) is 4.70 Å². The van der Waals surface area contributed by atoms with E-state index in [0.29, 0.717) is 33.3 Å². The zero-order valence-electron chi connectivity index (χ0n) is 16.3. The number of thiazole rings is 1. The third-order valence-electron chi connectivity index (χ3n) is 4.51. The van der Waals surface area contributed by atoms with Crippen LogP contribution < -0.4 is 9.64 Å². The average Bonchev–Trinajstić information content (AvgIpc) is 3.45. The molecule has 152 valence electrons. The van der Waals surface area contributed by atoms with Crippen LogP contribution in [0.3, 0.4) is 0 Å². The predicted octanol–water partition coefficient (Wildman–Crippen LogP) is 4.53. The summed E-state index contributed by atoms with van der Waals surface area (Å²) in [5.74, 6) is 0.545. The lowest BCUT2D eigenvalue weighted by Gasteiger charge is -2.19. The Bertz CT molecular complexity index is 1180. The molecule has 2 aromatic heterocycles. The van der Waals surface area contributed by atoms with E-state index in [1.165, 1.54) is 18.4 Å². The van der Waals surface area contributed by atoms with Crippen molar-refractivity contribution < 1.29 is 23.5 Å². The number of fused-ring (bicyclic) bond motifs is 1. The fraction of sp³-hybridized carbons (Fsp3) is 0.136. The highest BCUT2D eigenvalue weighted by atomic mass is 32.1. The molecular weight excluding hydrogens is 404 g/mol. The molecule has 0 saturated carbocycles. The SMILES string of the molecule is COC(=O)c1ccc(C(=O)N(Cc2ccco2)c2nc3c(OC)cccc3s2)cc1. The van der Waals surface area contributed by atoms with Gasteiger partial charge in [0.2, 0.25) is 0 Å². The number of esters is 1. The van der Waals surface area contributed by atoms with Gasteiger partial charge in [0.15, 0.2) is 5.13 Å². The van der Waals surface area contributed by atoms with Gasteiger partial charge in [-0.15, -0.1) is 0 Å². The van der Waals surface area contributed by atoms with Crippen LogP contribution in [0, 0.1) is 0 Å². The topological polar surface area (TPSA) is 81.9 Å². The molecule has 0 unspecified atom stereocenters. The molecule has 0 atom stereocenters. The number of carbonyl (C=O) groups is 2. The van der Waals surface area contributed by atoms with Gasteiger partial charge in [-0.3, -0.25) is 9.69 Å². The van der Waals surface area contributed by atoms with Crippen LogP contribution in [-0.4, -0.2) is 31.1 Å². The van der Waals surface area contributed by atoms with Crippen molar-refractivity contribution in [1.82, 2.24) is 4.98 Å². The van der Waals surface area contributed by atoms with E-state index in [-0.39, 0.29) is 12.5 Å². The number of ether oxygens (including phenoxy) is 2. The van der Waals surface area contributed by atoms with Crippen molar-refractivity contribution in [3.63, 3.8) is 0 Å². The molecule has 7 nitrogen and oxygen atoms in total. The third-order valence-corrected chi connectivity index (χ3v) is 5.56. The molecule has 4 rings (SSSR count). The van der Waals surface area contributed by atoms with E-state index in [9.17, 15) is 9.59 Å². The van der Waals surface area contributed by atoms with Crippen LogP contribution in [-0.2, 0) is 11.3 Å². The van der Waals surface area contributed by atoms with Crippen LogP contribution in [0.2, 0.25) is 0 Å². The minimum Gasteiger partial charge on any atom is -0.494 e. The monoisotopic (exact) mass is 422 g/mol.